The lowest BCUT2D eigenvalue weighted by molar-refractivity contribution is 0.00740. The van der Waals surface area contributed by atoms with E-state index in [0.717, 1.165) is 19.5 Å². The Morgan fingerprint density at radius 2 is 2.45 bits per heavy atom. The summed E-state index contributed by atoms with van der Waals surface area (Å²) in [5.74, 6) is 0. The molecular formula is C15H22N4O2S. The SMILES string of the molecule is OC(COCc1cccs1)CN1CCCC1Cn1cncn1. The Kier molecular flexibility index (Phi) is 5.55. The molecule has 0 spiro atoms. The van der Waals surface area contributed by atoms with E-state index in [1.807, 2.05) is 22.2 Å². The third kappa shape index (κ3) is 4.36. The van der Waals surface area contributed by atoms with Gasteiger partial charge in [0, 0.05) is 17.5 Å². The van der Waals surface area contributed by atoms with Crippen LogP contribution in [-0.4, -0.2) is 56.6 Å². The summed E-state index contributed by atoms with van der Waals surface area (Å²) < 4.78 is 7.46. The summed E-state index contributed by atoms with van der Waals surface area (Å²) in [6.45, 7) is 3.48. The van der Waals surface area contributed by atoms with Crippen LogP contribution >= 0.6 is 11.3 Å². The number of aliphatic hydroxyl groups is 1. The first-order valence-corrected chi connectivity index (χ1v) is 8.54. The van der Waals surface area contributed by atoms with Crippen LogP contribution in [0.2, 0.25) is 0 Å². The van der Waals surface area contributed by atoms with Crippen LogP contribution in [0.1, 0.15) is 17.7 Å². The highest BCUT2D eigenvalue weighted by Gasteiger charge is 2.26. The molecule has 0 saturated carbocycles. The fourth-order valence-electron chi connectivity index (χ4n) is 2.90. The van der Waals surface area contributed by atoms with Crippen LogP contribution in [0.25, 0.3) is 0 Å². The smallest absolute Gasteiger partial charge is 0.137 e. The van der Waals surface area contributed by atoms with Crippen molar-refractivity contribution in [3.05, 3.63) is 35.0 Å². The highest BCUT2D eigenvalue weighted by Crippen LogP contribution is 2.19. The van der Waals surface area contributed by atoms with Crippen LogP contribution < -0.4 is 0 Å². The first kappa shape index (κ1) is 15.6. The molecule has 3 heterocycles. The largest absolute Gasteiger partial charge is 0.389 e. The summed E-state index contributed by atoms with van der Waals surface area (Å²) in [6, 6.07) is 4.48. The molecule has 2 aromatic rings. The number of β-amino-alcohol motifs (C(OH)–C–C–N with tert-alkyl or cyclic N) is 1. The number of hydrogen-bond donors (Lipinski definition) is 1. The van der Waals surface area contributed by atoms with Crippen LogP contribution in [-0.2, 0) is 17.9 Å². The maximum absolute atomic E-state index is 10.2. The molecule has 1 aliphatic heterocycles. The van der Waals surface area contributed by atoms with Gasteiger partial charge in [-0.1, -0.05) is 6.07 Å². The summed E-state index contributed by atoms with van der Waals surface area (Å²) >= 11 is 1.68. The molecule has 7 heteroatoms. The van der Waals surface area contributed by atoms with E-state index >= 15 is 0 Å². The Bertz CT molecular complexity index is 532. The van der Waals surface area contributed by atoms with Crippen molar-refractivity contribution in [2.75, 3.05) is 19.7 Å². The van der Waals surface area contributed by atoms with Gasteiger partial charge in [-0.25, -0.2) is 4.98 Å². The first-order chi connectivity index (χ1) is 10.8. The molecule has 0 amide bonds. The molecular weight excluding hydrogens is 300 g/mol. The highest BCUT2D eigenvalue weighted by molar-refractivity contribution is 7.09. The van der Waals surface area contributed by atoms with Gasteiger partial charge >= 0.3 is 0 Å². The Morgan fingerprint density at radius 1 is 1.50 bits per heavy atom. The maximum Gasteiger partial charge on any atom is 0.137 e. The van der Waals surface area contributed by atoms with Gasteiger partial charge in [0.25, 0.3) is 0 Å². The number of aliphatic hydroxyl groups excluding tert-OH is 1. The Labute approximate surface area is 134 Å². The van der Waals surface area contributed by atoms with E-state index in [0.29, 0.717) is 25.8 Å². The van der Waals surface area contributed by atoms with Gasteiger partial charge in [0.05, 0.1) is 25.9 Å². The highest BCUT2D eigenvalue weighted by atomic mass is 32.1. The molecule has 2 unspecified atom stereocenters. The first-order valence-electron chi connectivity index (χ1n) is 7.66. The van der Waals surface area contributed by atoms with Crippen molar-refractivity contribution < 1.29 is 9.84 Å². The molecule has 1 N–H and O–H groups in total. The molecule has 22 heavy (non-hydrogen) atoms. The predicted octanol–water partition coefficient (Wildman–Crippen LogP) is 1.38. The number of hydrogen-bond acceptors (Lipinski definition) is 6. The molecule has 1 fully saturated rings. The molecule has 0 bridgehead atoms. The van der Waals surface area contributed by atoms with Crippen molar-refractivity contribution in [1.29, 1.82) is 0 Å². The quantitative estimate of drug-likeness (QED) is 0.795. The minimum Gasteiger partial charge on any atom is -0.389 e. The van der Waals surface area contributed by atoms with E-state index < -0.39 is 6.10 Å². The van der Waals surface area contributed by atoms with Gasteiger partial charge in [-0.2, -0.15) is 5.10 Å². The average molecular weight is 322 g/mol. The van der Waals surface area contributed by atoms with Crippen LogP contribution in [0, 0.1) is 0 Å². The second-order valence-electron chi connectivity index (χ2n) is 5.66. The molecule has 1 saturated heterocycles. The number of rotatable bonds is 8. The van der Waals surface area contributed by atoms with E-state index in [4.69, 9.17) is 4.74 Å². The molecule has 1 aliphatic rings. The van der Waals surface area contributed by atoms with Crippen LogP contribution in [0.15, 0.2) is 30.2 Å². The lowest BCUT2D eigenvalue weighted by Crippen LogP contribution is -2.40. The second kappa shape index (κ2) is 7.82. The van der Waals surface area contributed by atoms with Gasteiger partial charge < -0.3 is 9.84 Å². The van der Waals surface area contributed by atoms with E-state index in [9.17, 15) is 5.11 Å². The summed E-state index contributed by atoms with van der Waals surface area (Å²) in [6.07, 6.45) is 5.17. The molecule has 0 aliphatic carbocycles. The minimum atomic E-state index is -0.448. The van der Waals surface area contributed by atoms with Crippen LogP contribution in [0.3, 0.4) is 0 Å². The van der Waals surface area contributed by atoms with Crippen molar-refractivity contribution in [2.24, 2.45) is 0 Å². The fourth-order valence-corrected chi connectivity index (χ4v) is 3.54. The van der Waals surface area contributed by atoms with Gasteiger partial charge in [-0.15, -0.1) is 11.3 Å². The van der Waals surface area contributed by atoms with Gasteiger partial charge in [0.15, 0.2) is 0 Å². The molecule has 0 radical (unpaired) electrons. The minimum absolute atomic E-state index is 0.379. The lowest BCUT2D eigenvalue weighted by Gasteiger charge is -2.26. The van der Waals surface area contributed by atoms with E-state index in [-0.39, 0.29) is 0 Å². The van der Waals surface area contributed by atoms with Gasteiger partial charge in [0.2, 0.25) is 0 Å². The van der Waals surface area contributed by atoms with Crippen molar-refractivity contribution in [3.8, 4) is 0 Å². The van der Waals surface area contributed by atoms with Crippen molar-refractivity contribution in [3.63, 3.8) is 0 Å². The van der Waals surface area contributed by atoms with Gasteiger partial charge in [-0.05, 0) is 30.8 Å². The molecule has 0 aromatic carbocycles. The Balaban J connectivity index is 1.40. The molecule has 2 atom stereocenters. The Hall–Kier alpha value is -1.28. The third-order valence-corrected chi connectivity index (χ3v) is 4.79. The predicted molar refractivity (Wildman–Crippen MR) is 84.6 cm³/mol. The number of nitrogens with zero attached hydrogens (tertiary/aromatic N) is 4. The lowest BCUT2D eigenvalue weighted by atomic mass is 10.2. The summed E-state index contributed by atoms with van der Waals surface area (Å²) in [4.78, 5) is 7.51. The number of aromatic nitrogens is 3. The van der Waals surface area contributed by atoms with Crippen molar-refractivity contribution in [2.45, 2.75) is 38.1 Å². The Morgan fingerprint density at radius 3 is 3.23 bits per heavy atom. The number of likely N-dealkylation sites (tertiary alicyclic amines) is 1. The van der Waals surface area contributed by atoms with Gasteiger partial charge in [-0.3, -0.25) is 9.58 Å². The zero-order chi connectivity index (χ0) is 15.2. The van der Waals surface area contributed by atoms with Crippen molar-refractivity contribution >= 4 is 11.3 Å². The topological polar surface area (TPSA) is 63.4 Å². The molecule has 120 valence electrons. The number of ether oxygens (including phenoxy) is 1. The van der Waals surface area contributed by atoms with E-state index in [1.165, 1.54) is 11.3 Å². The summed E-state index contributed by atoms with van der Waals surface area (Å²) in [5, 5.41) is 16.4. The van der Waals surface area contributed by atoms with Gasteiger partial charge in [0.1, 0.15) is 12.7 Å². The monoisotopic (exact) mass is 322 g/mol. The molecule has 2 aromatic heterocycles. The fraction of sp³-hybridized carbons (Fsp3) is 0.600. The zero-order valence-corrected chi connectivity index (χ0v) is 13.4. The third-order valence-electron chi connectivity index (χ3n) is 3.94. The zero-order valence-electron chi connectivity index (χ0n) is 12.5. The van der Waals surface area contributed by atoms with E-state index in [1.54, 1.807) is 24.0 Å². The average Bonchev–Trinajstić information content (AvgIpc) is 3.23. The van der Waals surface area contributed by atoms with Crippen molar-refractivity contribution in [1.82, 2.24) is 19.7 Å². The summed E-state index contributed by atoms with van der Waals surface area (Å²) in [5.41, 5.74) is 0. The maximum atomic E-state index is 10.2. The van der Waals surface area contributed by atoms with Crippen LogP contribution in [0.5, 0.6) is 0 Å². The van der Waals surface area contributed by atoms with E-state index in [2.05, 4.69) is 15.0 Å². The standard InChI is InChI=1S/C15H22N4O2S/c20-14(9-21-10-15-4-2-6-22-15)8-18-5-1-3-13(18)7-19-12-16-11-17-19/h2,4,6,11-14,20H,1,3,5,7-10H2. The summed E-state index contributed by atoms with van der Waals surface area (Å²) in [7, 11) is 0. The normalized spacial score (nSPS) is 20.5. The second-order valence-corrected chi connectivity index (χ2v) is 6.69. The molecule has 3 rings (SSSR count). The van der Waals surface area contributed by atoms with Crippen LogP contribution in [0.4, 0.5) is 0 Å². The number of thiophene rings is 1. The molecule has 6 nitrogen and oxygen atoms in total.